The van der Waals surface area contributed by atoms with Crippen molar-refractivity contribution < 1.29 is 9.59 Å². The molecule has 3 aromatic carbocycles. The van der Waals surface area contributed by atoms with Crippen molar-refractivity contribution in [3.05, 3.63) is 72.3 Å². The highest BCUT2D eigenvalue weighted by molar-refractivity contribution is 5.85. The molecule has 8 nitrogen and oxygen atoms in total. The van der Waals surface area contributed by atoms with Crippen molar-refractivity contribution in [1.29, 1.82) is 0 Å². The van der Waals surface area contributed by atoms with Crippen LogP contribution in [0.1, 0.15) is 126 Å². The normalized spacial score (nSPS) is 21.8. The molecule has 2 aliphatic heterocycles. The van der Waals surface area contributed by atoms with Crippen molar-refractivity contribution in [3.8, 4) is 22.3 Å². The van der Waals surface area contributed by atoms with Gasteiger partial charge < -0.3 is 19.8 Å². The molecule has 2 aliphatic carbocycles. The minimum absolute atomic E-state index is 0.0420. The van der Waals surface area contributed by atoms with E-state index in [0.29, 0.717) is 36.5 Å². The molecular weight excluding hydrogens is 645 g/mol. The van der Waals surface area contributed by atoms with E-state index in [-0.39, 0.29) is 12.1 Å². The van der Waals surface area contributed by atoms with Crippen LogP contribution < -0.4 is 0 Å². The number of nitrogens with zero attached hydrogens (tertiary/aromatic N) is 4. The number of carbonyl (C=O) groups excluding carboxylic acids is 2. The molecule has 0 spiro atoms. The minimum atomic E-state index is 0.0420. The maximum atomic E-state index is 13.4. The smallest absolute Gasteiger partial charge is 0.223 e. The third-order valence-corrected chi connectivity index (χ3v) is 12.7. The van der Waals surface area contributed by atoms with Crippen molar-refractivity contribution >= 4 is 33.9 Å². The lowest BCUT2D eigenvalue weighted by atomic mass is 9.86. The Morgan fingerprint density at radius 2 is 0.923 bits per heavy atom. The van der Waals surface area contributed by atoms with Crippen LogP contribution in [0.2, 0.25) is 0 Å². The lowest BCUT2D eigenvalue weighted by Crippen LogP contribution is -2.32. The Hall–Kier alpha value is -4.46. The SMILES string of the molecule is O=C(CC1CCCCC1)N1CCC[C@H]1c1nc2ccc(-c3ccc(-c4ccc5nc([C@@H]6CCCN6C(=O)CC6CCCCC6)[nH]c5c4)cc3)cc2[nH]1. The van der Waals surface area contributed by atoms with Crippen LogP contribution in [0.25, 0.3) is 44.3 Å². The van der Waals surface area contributed by atoms with E-state index in [1.54, 1.807) is 0 Å². The second-order valence-corrected chi connectivity index (χ2v) is 16.2. The van der Waals surface area contributed by atoms with Crippen molar-refractivity contribution in [2.75, 3.05) is 13.1 Å². The molecule has 4 fully saturated rings. The predicted octanol–water partition coefficient (Wildman–Crippen LogP) is 10.0. The van der Waals surface area contributed by atoms with Gasteiger partial charge >= 0.3 is 0 Å². The zero-order chi connectivity index (χ0) is 35.0. The van der Waals surface area contributed by atoms with E-state index in [1.807, 2.05) is 0 Å². The van der Waals surface area contributed by atoms with Crippen LogP contribution >= 0.6 is 0 Å². The minimum Gasteiger partial charge on any atom is -0.340 e. The van der Waals surface area contributed by atoms with E-state index in [0.717, 1.165) is 94.7 Å². The number of imidazole rings is 2. The number of carbonyl (C=O) groups is 2. The fourth-order valence-electron chi connectivity index (χ4n) is 9.80. The molecule has 2 saturated carbocycles. The quantitative estimate of drug-likeness (QED) is 0.169. The van der Waals surface area contributed by atoms with Gasteiger partial charge in [-0.1, -0.05) is 74.9 Å². The molecule has 4 aliphatic rings. The summed E-state index contributed by atoms with van der Waals surface area (Å²) in [6.07, 6.45) is 17.9. The van der Waals surface area contributed by atoms with Crippen molar-refractivity contribution in [2.24, 2.45) is 11.8 Å². The van der Waals surface area contributed by atoms with Crippen LogP contribution in [0.4, 0.5) is 0 Å². The number of aromatic nitrogens is 4. The maximum absolute atomic E-state index is 13.4. The molecule has 52 heavy (non-hydrogen) atoms. The molecular formula is C44H52N6O2. The third kappa shape index (κ3) is 6.77. The zero-order valence-corrected chi connectivity index (χ0v) is 30.4. The molecule has 0 bridgehead atoms. The fraction of sp³-hybridized carbons (Fsp3) is 0.500. The molecule has 4 heterocycles. The first-order chi connectivity index (χ1) is 25.6. The molecule has 270 valence electrons. The van der Waals surface area contributed by atoms with E-state index < -0.39 is 0 Å². The summed E-state index contributed by atoms with van der Waals surface area (Å²) in [4.78, 5) is 48.1. The molecule has 2 N–H and O–H groups in total. The first kappa shape index (κ1) is 33.4. The first-order valence-corrected chi connectivity index (χ1v) is 20.2. The van der Waals surface area contributed by atoms with Gasteiger partial charge in [-0.15, -0.1) is 0 Å². The van der Waals surface area contributed by atoms with E-state index in [4.69, 9.17) is 9.97 Å². The van der Waals surface area contributed by atoms with Crippen LogP contribution in [0.3, 0.4) is 0 Å². The lowest BCUT2D eigenvalue weighted by molar-refractivity contribution is -0.134. The third-order valence-electron chi connectivity index (χ3n) is 12.7. The van der Waals surface area contributed by atoms with Gasteiger partial charge in [0.2, 0.25) is 11.8 Å². The van der Waals surface area contributed by atoms with Crippen LogP contribution in [-0.4, -0.2) is 54.6 Å². The molecule has 9 rings (SSSR count). The highest BCUT2D eigenvalue weighted by Crippen LogP contribution is 2.37. The van der Waals surface area contributed by atoms with Crippen LogP contribution in [0.15, 0.2) is 60.7 Å². The summed E-state index contributed by atoms with van der Waals surface area (Å²) in [5.41, 5.74) is 8.50. The number of hydrogen-bond donors (Lipinski definition) is 2. The Morgan fingerprint density at radius 3 is 1.35 bits per heavy atom. The summed E-state index contributed by atoms with van der Waals surface area (Å²) >= 11 is 0. The van der Waals surface area contributed by atoms with Crippen LogP contribution in [0.5, 0.6) is 0 Å². The standard InChI is InChI=1S/C44H52N6O2/c51-41(25-29-9-3-1-4-10-29)49-23-7-13-39(49)43-45-35-21-19-33(27-37(35)47-43)31-15-17-32(18-16-31)34-20-22-36-38(28-34)48-44(46-36)40-14-8-24-50(40)42(52)26-30-11-5-2-6-12-30/h15-22,27-30,39-40H,1-14,23-26H2,(H,45,47)(H,46,48)/t39-,40-/m0/s1. The van der Waals surface area contributed by atoms with Gasteiger partial charge in [0.05, 0.1) is 34.2 Å². The number of rotatable bonds is 8. The lowest BCUT2D eigenvalue weighted by Gasteiger charge is -2.27. The zero-order valence-electron chi connectivity index (χ0n) is 30.4. The molecule has 0 radical (unpaired) electrons. The van der Waals surface area contributed by atoms with E-state index in [9.17, 15) is 9.59 Å². The molecule has 2 saturated heterocycles. The predicted molar refractivity (Wildman–Crippen MR) is 206 cm³/mol. The highest BCUT2D eigenvalue weighted by atomic mass is 16.2. The summed E-state index contributed by atoms with van der Waals surface area (Å²) in [7, 11) is 0. The Balaban J connectivity index is 0.884. The van der Waals surface area contributed by atoms with Gasteiger partial charge in [-0.3, -0.25) is 9.59 Å². The van der Waals surface area contributed by atoms with Gasteiger partial charge in [-0.05, 0) is 110 Å². The first-order valence-electron chi connectivity index (χ1n) is 20.2. The van der Waals surface area contributed by atoms with Gasteiger partial charge in [-0.2, -0.15) is 0 Å². The highest BCUT2D eigenvalue weighted by Gasteiger charge is 2.34. The van der Waals surface area contributed by atoms with Gasteiger partial charge in [0.1, 0.15) is 11.6 Å². The second kappa shape index (κ2) is 14.5. The number of aromatic amines is 2. The second-order valence-electron chi connectivity index (χ2n) is 16.2. The monoisotopic (exact) mass is 696 g/mol. The fourth-order valence-corrected chi connectivity index (χ4v) is 9.80. The summed E-state index contributed by atoms with van der Waals surface area (Å²) in [6, 6.07) is 21.7. The van der Waals surface area contributed by atoms with Crippen molar-refractivity contribution in [1.82, 2.24) is 29.7 Å². The number of amides is 2. The summed E-state index contributed by atoms with van der Waals surface area (Å²) in [5, 5.41) is 0. The topological polar surface area (TPSA) is 98.0 Å². The molecule has 2 amide bonds. The van der Waals surface area contributed by atoms with Gasteiger partial charge in [0.25, 0.3) is 0 Å². The van der Waals surface area contributed by atoms with Gasteiger partial charge in [0.15, 0.2) is 0 Å². The Kier molecular flexibility index (Phi) is 9.32. The van der Waals surface area contributed by atoms with Gasteiger partial charge in [-0.25, -0.2) is 9.97 Å². The Labute approximate surface area is 306 Å². The van der Waals surface area contributed by atoms with Gasteiger partial charge in [0, 0.05) is 25.9 Å². The maximum Gasteiger partial charge on any atom is 0.223 e. The average Bonchev–Trinajstić information content (AvgIpc) is 4.00. The molecule has 8 heteroatoms. The van der Waals surface area contributed by atoms with E-state index >= 15 is 0 Å². The number of nitrogens with one attached hydrogen (secondary N) is 2. The number of likely N-dealkylation sites (tertiary alicyclic amines) is 2. The molecule has 2 aromatic heterocycles. The Morgan fingerprint density at radius 1 is 0.519 bits per heavy atom. The number of H-pyrrole nitrogens is 2. The Bertz CT molecular complexity index is 1900. The average molecular weight is 697 g/mol. The molecule has 5 aromatic rings. The molecule has 0 unspecified atom stereocenters. The van der Waals surface area contributed by atoms with Crippen molar-refractivity contribution in [2.45, 2.75) is 115 Å². The molecule has 2 atom stereocenters. The van der Waals surface area contributed by atoms with Crippen LogP contribution in [0, 0.1) is 11.8 Å². The summed E-state index contributed by atoms with van der Waals surface area (Å²) in [6.45, 7) is 1.67. The summed E-state index contributed by atoms with van der Waals surface area (Å²) in [5.74, 6) is 3.55. The largest absolute Gasteiger partial charge is 0.340 e. The number of hydrogen-bond acceptors (Lipinski definition) is 4. The van der Waals surface area contributed by atoms with E-state index in [2.05, 4.69) is 80.4 Å². The van der Waals surface area contributed by atoms with Crippen LogP contribution in [-0.2, 0) is 9.59 Å². The van der Waals surface area contributed by atoms with Crippen molar-refractivity contribution in [3.63, 3.8) is 0 Å². The number of benzene rings is 3. The number of fused-ring (bicyclic) bond motifs is 2. The van der Waals surface area contributed by atoms with E-state index in [1.165, 1.54) is 64.2 Å². The summed E-state index contributed by atoms with van der Waals surface area (Å²) < 4.78 is 0.